The Bertz CT molecular complexity index is 1980. The molecule has 2 aliphatic rings. The van der Waals surface area contributed by atoms with E-state index in [0.29, 0.717) is 16.8 Å². The molecule has 5 aromatic rings. The number of aromatic hydroxyl groups is 1. The first-order valence-corrected chi connectivity index (χ1v) is 13.4. The molecule has 9 heteroatoms. The van der Waals surface area contributed by atoms with Gasteiger partial charge in [-0.25, -0.2) is 14.4 Å². The molecule has 0 fully saturated rings. The molecular weight excluding hydrogens is 527 g/mol. The van der Waals surface area contributed by atoms with E-state index in [9.17, 15) is 14.3 Å². The first-order valence-electron chi connectivity index (χ1n) is 12.6. The minimum absolute atomic E-state index is 0.0225. The normalized spacial score (nSPS) is 16.3. The first kappa shape index (κ1) is 24.2. The van der Waals surface area contributed by atoms with Crippen LogP contribution in [0.15, 0.2) is 95.0 Å². The third kappa shape index (κ3) is 3.94. The van der Waals surface area contributed by atoms with Crippen molar-refractivity contribution in [2.75, 3.05) is 12.1 Å². The Balaban J connectivity index is 1.35. The second kappa shape index (κ2) is 9.39. The van der Waals surface area contributed by atoms with Crippen LogP contribution in [-0.2, 0) is 4.79 Å². The highest BCUT2D eigenvalue weighted by atomic mass is 32.1. The highest BCUT2D eigenvalue weighted by Crippen LogP contribution is 2.43. The molecule has 0 saturated heterocycles. The van der Waals surface area contributed by atoms with Crippen LogP contribution in [0.1, 0.15) is 28.5 Å². The minimum atomic E-state index is -0.612. The van der Waals surface area contributed by atoms with Gasteiger partial charge < -0.3 is 9.84 Å². The van der Waals surface area contributed by atoms with Gasteiger partial charge in [-0.3, -0.25) is 4.79 Å². The molecular formula is C31H21FN4O3S. The predicted molar refractivity (Wildman–Crippen MR) is 152 cm³/mol. The summed E-state index contributed by atoms with van der Waals surface area (Å²) in [5, 5.41) is 20.6. The number of nitrogens with zero attached hydrogens (tertiary/aromatic N) is 4. The number of para-hydroxylation sites is 1. The molecule has 1 unspecified atom stereocenters. The van der Waals surface area contributed by atoms with E-state index >= 15 is 0 Å². The maximum Gasteiger partial charge on any atom is 0.279 e. The molecule has 0 aliphatic carbocycles. The van der Waals surface area contributed by atoms with Gasteiger partial charge in [-0.1, -0.05) is 72.0 Å². The average molecular weight is 549 g/mol. The number of fused-ring (bicyclic) bond motifs is 2. The van der Waals surface area contributed by atoms with Gasteiger partial charge in [0.2, 0.25) is 11.0 Å². The monoisotopic (exact) mass is 548 g/mol. The molecule has 7 nitrogen and oxygen atoms in total. The van der Waals surface area contributed by atoms with E-state index < -0.39 is 11.7 Å². The molecule has 1 N–H and O–H groups in total. The fourth-order valence-electron chi connectivity index (χ4n) is 5.20. The second-order valence-electron chi connectivity index (χ2n) is 9.52. The van der Waals surface area contributed by atoms with Gasteiger partial charge in [0.25, 0.3) is 5.91 Å². The SMILES string of the molecule is COc1ccc(C2CC(c3ccc4ccccc4c3)=NN2c2nc(O)c(C3=c4cccc(F)c4=NC3=O)s2)cc1. The van der Waals surface area contributed by atoms with Crippen LogP contribution >= 0.6 is 11.3 Å². The van der Waals surface area contributed by atoms with Crippen LogP contribution in [0.4, 0.5) is 9.52 Å². The Labute approximate surface area is 231 Å². The van der Waals surface area contributed by atoms with Crippen molar-refractivity contribution in [1.29, 1.82) is 0 Å². The van der Waals surface area contributed by atoms with E-state index in [1.54, 1.807) is 18.2 Å². The van der Waals surface area contributed by atoms with Crippen LogP contribution in [0.3, 0.4) is 0 Å². The quantitative estimate of drug-likeness (QED) is 0.339. The van der Waals surface area contributed by atoms with E-state index in [2.05, 4.69) is 40.3 Å². The average Bonchev–Trinajstić information content (AvgIpc) is 3.68. The second-order valence-corrected chi connectivity index (χ2v) is 10.5. The maximum atomic E-state index is 14.3. The van der Waals surface area contributed by atoms with Crippen LogP contribution in [0, 0.1) is 5.82 Å². The van der Waals surface area contributed by atoms with Crippen molar-refractivity contribution in [1.82, 2.24) is 4.98 Å². The van der Waals surface area contributed by atoms with Crippen molar-refractivity contribution in [3.8, 4) is 11.6 Å². The Morgan fingerprint density at radius 2 is 1.80 bits per heavy atom. The number of rotatable bonds is 5. The number of hydrogen-bond acceptors (Lipinski definition) is 7. The van der Waals surface area contributed by atoms with Gasteiger partial charge in [0, 0.05) is 11.6 Å². The van der Waals surface area contributed by atoms with E-state index in [1.165, 1.54) is 12.1 Å². The molecule has 3 heterocycles. The fraction of sp³-hybridized carbons (Fsp3) is 0.0968. The van der Waals surface area contributed by atoms with Gasteiger partial charge in [0.1, 0.15) is 21.8 Å². The summed E-state index contributed by atoms with van der Waals surface area (Å²) in [5.74, 6) is -0.782. The van der Waals surface area contributed by atoms with Crippen molar-refractivity contribution in [2.24, 2.45) is 10.1 Å². The number of benzene rings is 4. The summed E-state index contributed by atoms with van der Waals surface area (Å²) in [5.41, 5.74) is 2.98. The van der Waals surface area contributed by atoms with Gasteiger partial charge in [0.15, 0.2) is 0 Å². The molecule has 7 rings (SSSR count). The number of hydrogen-bond donors (Lipinski definition) is 1. The number of carbonyl (C=O) groups excluding carboxylic acids is 1. The third-order valence-corrected chi connectivity index (χ3v) is 8.25. The zero-order chi connectivity index (χ0) is 27.4. The lowest BCUT2D eigenvalue weighted by Crippen LogP contribution is -2.26. The van der Waals surface area contributed by atoms with Crippen molar-refractivity contribution in [2.45, 2.75) is 12.5 Å². The van der Waals surface area contributed by atoms with Gasteiger partial charge in [0.05, 0.1) is 24.4 Å². The predicted octanol–water partition coefficient (Wildman–Crippen LogP) is 4.86. The maximum absolute atomic E-state index is 14.3. The van der Waals surface area contributed by atoms with Gasteiger partial charge in [-0.15, -0.1) is 0 Å². The molecule has 4 aromatic carbocycles. The van der Waals surface area contributed by atoms with Crippen LogP contribution in [0.5, 0.6) is 11.6 Å². The summed E-state index contributed by atoms with van der Waals surface area (Å²) in [4.78, 5) is 21.3. The number of anilines is 1. The Morgan fingerprint density at radius 1 is 1.00 bits per heavy atom. The van der Waals surface area contributed by atoms with Crippen molar-refractivity contribution < 1.29 is 19.0 Å². The molecule has 1 atom stereocenters. The molecule has 0 radical (unpaired) electrons. The van der Waals surface area contributed by atoms with Crippen molar-refractivity contribution in [3.05, 3.63) is 117 Å². The summed E-state index contributed by atoms with van der Waals surface area (Å²) in [6.07, 6.45) is 0.596. The highest BCUT2D eigenvalue weighted by molar-refractivity contribution is 7.17. The molecule has 2 aliphatic heterocycles. The van der Waals surface area contributed by atoms with E-state index in [-0.39, 0.29) is 27.7 Å². The standard InChI is InChI=1S/C31H21FN4O3S/c1-39-21-13-11-18(12-14-21)25-16-24(20-10-9-17-5-2-3-6-19(17)15-20)35-36(25)31-34-30(38)28(40-31)26-22-7-4-8-23(32)27(22)33-29(26)37/h2-15,25,38H,16H2,1H3. The van der Waals surface area contributed by atoms with Crippen LogP contribution in [0.2, 0.25) is 0 Å². The van der Waals surface area contributed by atoms with E-state index in [0.717, 1.165) is 44.7 Å². The lowest BCUT2D eigenvalue weighted by molar-refractivity contribution is -0.112. The Morgan fingerprint density at radius 3 is 2.60 bits per heavy atom. The number of amides is 1. The molecule has 0 saturated carbocycles. The number of halogens is 1. The highest BCUT2D eigenvalue weighted by Gasteiger charge is 2.34. The zero-order valence-electron chi connectivity index (χ0n) is 21.2. The summed E-state index contributed by atoms with van der Waals surface area (Å²) in [6, 6.07) is 26.3. The Kier molecular flexibility index (Phi) is 5.67. The number of ether oxygens (including phenoxy) is 1. The summed E-state index contributed by atoms with van der Waals surface area (Å²) < 4.78 is 19.7. The number of aromatic nitrogens is 1. The van der Waals surface area contributed by atoms with E-state index in [4.69, 9.17) is 9.84 Å². The zero-order valence-corrected chi connectivity index (χ0v) is 22.0. The van der Waals surface area contributed by atoms with Crippen molar-refractivity contribution >= 4 is 44.4 Å². The lowest BCUT2D eigenvalue weighted by Gasteiger charge is -2.21. The van der Waals surface area contributed by atoms with E-state index in [1.807, 2.05) is 36.4 Å². The lowest BCUT2D eigenvalue weighted by atomic mass is 9.97. The number of carbonyl (C=O) groups is 1. The van der Waals surface area contributed by atoms with Crippen LogP contribution in [0.25, 0.3) is 16.3 Å². The number of thiazole rings is 1. The van der Waals surface area contributed by atoms with Gasteiger partial charge >= 0.3 is 0 Å². The summed E-state index contributed by atoms with van der Waals surface area (Å²) in [7, 11) is 1.62. The topological polar surface area (TPSA) is 87.4 Å². The summed E-state index contributed by atoms with van der Waals surface area (Å²) >= 11 is 1.13. The van der Waals surface area contributed by atoms with Gasteiger partial charge in [-0.2, -0.15) is 10.1 Å². The fourth-order valence-corrected chi connectivity index (χ4v) is 6.21. The van der Waals surface area contributed by atoms with Crippen molar-refractivity contribution in [3.63, 3.8) is 0 Å². The molecule has 40 heavy (non-hydrogen) atoms. The molecule has 0 spiro atoms. The molecule has 1 amide bonds. The number of methoxy groups -OCH3 is 1. The first-order chi connectivity index (χ1) is 19.5. The minimum Gasteiger partial charge on any atom is -0.497 e. The molecule has 1 aromatic heterocycles. The smallest absolute Gasteiger partial charge is 0.279 e. The third-order valence-electron chi connectivity index (χ3n) is 7.20. The molecule has 196 valence electrons. The van der Waals surface area contributed by atoms with Gasteiger partial charge in [-0.05, 0) is 46.2 Å². The molecule has 0 bridgehead atoms. The van der Waals surface area contributed by atoms with Crippen LogP contribution < -0.4 is 20.3 Å². The Hall–Kier alpha value is -4.89. The largest absolute Gasteiger partial charge is 0.497 e. The van der Waals surface area contributed by atoms with Crippen LogP contribution in [-0.4, -0.2) is 28.8 Å². The number of hydrazone groups is 1. The summed E-state index contributed by atoms with van der Waals surface area (Å²) in [6.45, 7) is 0.